The molecule has 0 spiro atoms. The first-order valence-corrected chi connectivity index (χ1v) is 9.10. The number of benzene rings is 3. The van der Waals surface area contributed by atoms with E-state index in [1.54, 1.807) is 0 Å². The average molecular weight is 345 g/mol. The zero-order valence-corrected chi connectivity index (χ0v) is 16.2. The predicted octanol–water partition coefficient (Wildman–Crippen LogP) is 5.14. The fourth-order valence-corrected chi connectivity index (χ4v) is 3.39. The molecule has 3 rings (SSSR count). The van der Waals surface area contributed by atoms with Crippen molar-refractivity contribution in [3.05, 3.63) is 83.9 Å². The Bertz CT molecular complexity index is 793. The van der Waals surface area contributed by atoms with Crippen LogP contribution in [0.4, 0.5) is 0 Å². The molecular formula is C24H28N2. The Hall–Kier alpha value is -2.42. The smallest absolute Gasteiger partial charge is 0.0227 e. The maximum atomic E-state index is 2.31. The molecule has 26 heavy (non-hydrogen) atoms. The molecule has 0 unspecified atom stereocenters. The van der Waals surface area contributed by atoms with Crippen LogP contribution in [0.1, 0.15) is 11.1 Å². The molecule has 0 aromatic heterocycles. The molecule has 0 saturated heterocycles. The van der Waals surface area contributed by atoms with Crippen LogP contribution in [0, 0.1) is 0 Å². The third-order valence-electron chi connectivity index (χ3n) is 4.40. The lowest BCUT2D eigenvalue weighted by Crippen LogP contribution is -2.10. The van der Waals surface area contributed by atoms with Crippen LogP contribution in [0.2, 0.25) is 0 Å². The summed E-state index contributed by atoms with van der Waals surface area (Å²) >= 11 is 0. The second-order valence-corrected chi connectivity index (χ2v) is 7.42. The largest absolute Gasteiger partial charge is 0.305 e. The van der Waals surface area contributed by atoms with Crippen LogP contribution in [-0.4, -0.2) is 38.0 Å². The van der Waals surface area contributed by atoms with Gasteiger partial charge in [0.15, 0.2) is 0 Å². The molecule has 0 radical (unpaired) electrons. The Balaban J connectivity index is 2.02. The number of rotatable bonds is 6. The normalized spacial score (nSPS) is 11.3. The molecular weight excluding hydrogens is 316 g/mol. The van der Waals surface area contributed by atoms with Gasteiger partial charge in [0, 0.05) is 13.1 Å². The summed E-state index contributed by atoms with van der Waals surface area (Å²) in [6.45, 7) is 1.91. The van der Waals surface area contributed by atoms with E-state index in [1.165, 1.54) is 33.4 Å². The number of nitrogens with zero attached hydrogens (tertiary/aromatic N) is 2. The Morgan fingerprint density at radius 1 is 0.538 bits per heavy atom. The third-order valence-corrected chi connectivity index (χ3v) is 4.40. The molecule has 0 amide bonds. The lowest BCUT2D eigenvalue weighted by atomic mass is 9.93. The van der Waals surface area contributed by atoms with Crippen molar-refractivity contribution in [2.75, 3.05) is 28.2 Å². The van der Waals surface area contributed by atoms with Gasteiger partial charge in [-0.25, -0.2) is 0 Å². The molecule has 3 aromatic carbocycles. The van der Waals surface area contributed by atoms with Gasteiger partial charge in [-0.2, -0.15) is 0 Å². The van der Waals surface area contributed by atoms with E-state index < -0.39 is 0 Å². The summed E-state index contributed by atoms with van der Waals surface area (Å²) < 4.78 is 0. The summed E-state index contributed by atoms with van der Waals surface area (Å²) in [5, 5.41) is 0. The zero-order chi connectivity index (χ0) is 18.5. The van der Waals surface area contributed by atoms with Crippen LogP contribution in [-0.2, 0) is 13.1 Å². The van der Waals surface area contributed by atoms with Crippen LogP contribution in [0.15, 0.2) is 72.8 Å². The molecule has 0 bridgehead atoms. The molecule has 2 nitrogen and oxygen atoms in total. The van der Waals surface area contributed by atoms with Crippen LogP contribution in [0.3, 0.4) is 0 Å². The summed E-state index contributed by atoms with van der Waals surface area (Å²) in [5.41, 5.74) is 7.80. The van der Waals surface area contributed by atoms with E-state index in [4.69, 9.17) is 0 Å². The van der Waals surface area contributed by atoms with Crippen molar-refractivity contribution in [3.63, 3.8) is 0 Å². The predicted molar refractivity (Wildman–Crippen MR) is 112 cm³/mol. The highest BCUT2D eigenvalue weighted by atomic mass is 15.1. The molecule has 134 valence electrons. The summed E-state index contributed by atoms with van der Waals surface area (Å²) in [6.07, 6.45) is 0. The van der Waals surface area contributed by atoms with Gasteiger partial charge >= 0.3 is 0 Å². The zero-order valence-electron chi connectivity index (χ0n) is 16.2. The monoisotopic (exact) mass is 344 g/mol. The van der Waals surface area contributed by atoms with Crippen LogP contribution >= 0.6 is 0 Å². The highest BCUT2D eigenvalue weighted by Crippen LogP contribution is 2.33. The van der Waals surface area contributed by atoms with E-state index in [0.717, 1.165) is 13.1 Å². The molecule has 2 heteroatoms. The lowest BCUT2D eigenvalue weighted by molar-refractivity contribution is 0.402. The first kappa shape index (κ1) is 18.4. The van der Waals surface area contributed by atoms with Gasteiger partial charge < -0.3 is 9.80 Å². The van der Waals surface area contributed by atoms with Gasteiger partial charge in [-0.05, 0) is 73.7 Å². The maximum Gasteiger partial charge on any atom is 0.0227 e. The molecule has 0 saturated carbocycles. The van der Waals surface area contributed by atoms with Crippen molar-refractivity contribution in [1.82, 2.24) is 9.80 Å². The van der Waals surface area contributed by atoms with E-state index in [2.05, 4.69) is 111 Å². The third kappa shape index (κ3) is 4.60. The molecule has 3 aromatic rings. The van der Waals surface area contributed by atoms with E-state index in [-0.39, 0.29) is 0 Å². The molecule has 0 aliphatic heterocycles. The van der Waals surface area contributed by atoms with Crippen molar-refractivity contribution in [3.8, 4) is 22.3 Å². The molecule has 0 N–H and O–H groups in total. The van der Waals surface area contributed by atoms with E-state index in [1.807, 2.05) is 0 Å². The molecule has 0 fully saturated rings. The van der Waals surface area contributed by atoms with E-state index in [9.17, 15) is 0 Å². The number of hydrogen-bond donors (Lipinski definition) is 0. The minimum atomic E-state index is 0.953. The fraction of sp³-hybridized carbons (Fsp3) is 0.250. The van der Waals surface area contributed by atoms with Crippen molar-refractivity contribution >= 4 is 0 Å². The van der Waals surface area contributed by atoms with Gasteiger partial charge in [-0.15, -0.1) is 0 Å². The Kier molecular flexibility index (Phi) is 5.87. The first-order chi connectivity index (χ1) is 12.5. The Morgan fingerprint density at radius 2 is 0.962 bits per heavy atom. The molecule has 0 atom stereocenters. The summed E-state index contributed by atoms with van der Waals surface area (Å²) in [5.74, 6) is 0. The second kappa shape index (κ2) is 8.31. The second-order valence-electron chi connectivity index (χ2n) is 7.42. The van der Waals surface area contributed by atoms with Crippen LogP contribution in [0.25, 0.3) is 22.3 Å². The molecule has 0 heterocycles. The maximum absolute atomic E-state index is 2.31. The van der Waals surface area contributed by atoms with Crippen molar-refractivity contribution in [1.29, 1.82) is 0 Å². The summed E-state index contributed by atoms with van der Waals surface area (Å²) in [7, 11) is 8.43. The minimum absolute atomic E-state index is 0.953. The van der Waals surface area contributed by atoms with Gasteiger partial charge in [-0.1, -0.05) is 60.7 Å². The Morgan fingerprint density at radius 3 is 1.35 bits per heavy atom. The quantitative estimate of drug-likeness (QED) is 0.610. The minimum Gasteiger partial charge on any atom is -0.305 e. The summed E-state index contributed by atoms with van der Waals surface area (Å²) in [6, 6.07) is 26.5. The standard InChI is InChI=1S/C24H28N2/c1-25(2)17-19-9-7-11-21(15-19)23-13-5-6-14-24(23)22-12-8-10-20(16-22)18-26(3)4/h5-16H,17-18H2,1-4H3. The van der Waals surface area contributed by atoms with Gasteiger partial charge in [0.25, 0.3) is 0 Å². The summed E-state index contributed by atoms with van der Waals surface area (Å²) in [4.78, 5) is 4.41. The van der Waals surface area contributed by atoms with Gasteiger partial charge in [0.05, 0.1) is 0 Å². The number of hydrogen-bond acceptors (Lipinski definition) is 2. The first-order valence-electron chi connectivity index (χ1n) is 9.10. The average Bonchev–Trinajstić information content (AvgIpc) is 2.61. The van der Waals surface area contributed by atoms with Crippen molar-refractivity contribution in [2.45, 2.75) is 13.1 Å². The van der Waals surface area contributed by atoms with Gasteiger partial charge in [-0.3, -0.25) is 0 Å². The van der Waals surface area contributed by atoms with Crippen molar-refractivity contribution < 1.29 is 0 Å². The molecule has 0 aliphatic carbocycles. The van der Waals surface area contributed by atoms with Gasteiger partial charge in [0.1, 0.15) is 0 Å². The van der Waals surface area contributed by atoms with Crippen LogP contribution < -0.4 is 0 Å². The highest BCUT2D eigenvalue weighted by molar-refractivity contribution is 5.83. The highest BCUT2D eigenvalue weighted by Gasteiger charge is 2.09. The Labute approximate surface area is 157 Å². The topological polar surface area (TPSA) is 6.48 Å². The van der Waals surface area contributed by atoms with E-state index in [0.29, 0.717) is 0 Å². The SMILES string of the molecule is CN(C)Cc1cccc(-c2ccccc2-c2cccc(CN(C)C)c2)c1. The van der Waals surface area contributed by atoms with Gasteiger partial charge in [0.2, 0.25) is 0 Å². The lowest BCUT2D eigenvalue weighted by Gasteiger charge is -2.15. The van der Waals surface area contributed by atoms with Crippen molar-refractivity contribution in [2.24, 2.45) is 0 Å². The fourth-order valence-electron chi connectivity index (χ4n) is 3.39. The van der Waals surface area contributed by atoms with E-state index >= 15 is 0 Å². The molecule has 0 aliphatic rings. The van der Waals surface area contributed by atoms with Crippen LogP contribution in [0.5, 0.6) is 0 Å².